The van der Waals surface area contributed by atoms with E-state index in [1.807, 2.05) is 30.3 Å². The largest absolute Gasteiger partial charge is 0.383 e. The van der Waals surface area contributed by atoms with E-state index >= 15 is 0 Å². The van der Waals surface area contributed by atoms with Gasteiger partial charge in [0.25, 0.3) is 0 Å². The molecule has 3 nitrogen and oxygen atoms in total. The molecule has 0 unspecified atom stereocenters. The van der Waals surface area contributed by atoms with Crippen molar-refractivity contribution in [1.29, 1.82) is 0 Å². The van der Waals surface area contributed by atoms with Crippen LogP contribution in [0.2, 0.25) is 5.02 Å². The zero-order chi connectivity index (χ0) is 14.8. The Morgan fingerprint density at radius 2 is 1.86 bits per heavy atom. The SMILES string of the molecule is Nc1c(Cc2c(F)cccc2Cl)cnn1-c1ccccc1. The molecule has 0 fully saturated rings. The number of hydrogen-bond acceptors (Lipinski definition) is 2. The average Bonchev–Trinajstić information content (AvgIpc) is 2.85. The predicted molar refractivity (Wildman–Crippen MR) is 82.2 cm³/mol. The number of hydrogen-bond donors (Lipinski definition) is 1. The topological polar surface area (TPSA) is 43.8 Å². The zero-order valence-electron chi connectivity index (χ0n) is 11.1. The molecule has 0 amide bonds. The molecule has 0 saturated heterocycles. The van der Waals surface area contributed by atoms with Gasteiger partial charge in [0, 0.05) is 22.6 Å². The maximum atomic E-state index is 13.8. The van der Waals surface area contributed by atoms with Crippen LogP contribution in [0.4, 0.5) is 10.2 Å². The van der Waals surface area contributed by atoms with Crippen molar-refractivity contribution in [3.8, 4) is 5.69 Å². The van der Waals surface area contributed by atoms with Crippen LogP contribution in [0.1, 0.15) is 11.1 Å². The van der Waals surface area contributed by atoms with Crippen LogP contribution in [0, 0.1) is 5.82 Å². The Labute approximate surface area is 126 Å². The molecular formula is C16H13ClFN3. The minimum absolute atomic E-state index is 0.310. The summed E-state index contributed by atoms with van der Waals surface area (Å²) in [6, 6.07) is 14.2. The lowest BCUT2D eigenvalue weighted by atomic mass is 10.1. The normalized spacial score (nSPS) is 10.8. The second-order valence-corrected chi connectivity index (χ2v) is 5.09. The third-order valence-electron chi connectivity index (χ3n) is 3.32. The standard InChI is InChI=1S/C16H13ClFN3/c17-14-7-4-8-15(18)13(14)9-11-10-20-21(16(11)19)12-5-2-1-3-6-12/h1-8,10H,9,19H2. The number of para-hydroxylation sites is 1. The summed E-state index contributed by atoms with van der Waals surface area (Å²) in [7, 11) is 0. The molecule has 21 heavy (non-hydrogen) atoms. The molecular weight excluding hydrogens is 289 g/mol. The fraction of sp³-hybridized carbons (Fsp3) is 0.0625. The van der Waals surface area contributed by atoms with Crippen molar-refractivity contribution in [2.24, 2.45) is 0 Å². The Morgan fingerprint density at radius 3 is 2.57 bits per heavy atom. The van der Waals surface area contributed by atoms with E-state index in [0.717, 1.165) is 11.3 Å². The molecule has 0 atom stereocenters. The Morgan fingerprint density at radius 1 is 1.10 bits per heavy atom. The smallest absolute Gasteiger partial charge is 0.130 e. The van der Waals surface area contributed by atoms with Crippen LogP contribution < -0.4 is 5.73 Å². The molecule has 5 heteroatoms. The summed E-state index contributed by atoms with van der Waals surface area (Å²) in [5, 5.41) is 4.66. The average molecular weight is 302 g/mol. The van der Waals surface area contributed by atoms with E-state index in [0.29, 0.717) is 22.8 Å². The van der Waals surface area contributed by atoms with Crippen molar-refractivity contribution in [3.63, 3.8) is 0 Å². The Kier molecular flexibility index (Phi) is 3.62. The summed E-state index contributed by atoms with van der Waals surface area (Å²) in [5.74, 6) is 0.148. The molecule has 3 rings (SSSR count). The first-order chi connectivity index (χ1) is 10.2. The van der Waals surface area contributed by atoms with Gasteiger partial charge in [0.2, 0.25) is 0 Å². The number of nitrogens with zero attached hydrogens (tertiary/aromatic N) is 2. The monoisotopic (exact) mass is 301 g/mol. The molecule has 1 heterocycles. The first-order valence-electron chi connectivity index (χ1n) is 6.47. The fourth-order valence-electron chi connectivity index (χ4n) is 2.19. The zero-order valence-corrected chi connectivity index (χ0v) is 11.9. The minimum Gasteiger partial charge on any atom is -0.383 e. The summed E-state index contributed by atoms with van der Waals surface area (Å²) in [5.41, 5.74) is 8.15. The van der Waals surface area contributed by atoms with Gasteiger partial charge in [-0.15, -0.1) is 0 Å². The summed E-state index contributed by atoms with van der Waals surface area (Å²) < 4.78 is 15.5. The molecule has 0 aliphatic carbocycles. The van der Waals surface area contributed by atoms with Crippen molar-refractivity contribution in [2.45, 2.75) is 6.42 Å². The van der Waals surface area contributed by atoms with Crippen molar-refractivity contribution in [1.82, 2.24) is 9.78 Å². The lowest BCUT2D eigenvalue weighted by Gasteiger charge is -2.07. The van der Waals surface area contributed by atoms with Gasteiger partial charge in [-0.3, -0.25) is 0 Å². The highest BCUT2D eigenvalue weighted by molar-refractivity contribution is 6.31. The van der Waals surface area contributed by atoms with E-state index in [9.17, 15) is 4.39 Å². The van der Waals surface area contributed by atoms with E-state index in [4.69, 9.17) is 17.3 Å². The molecule has 0 bridgehead atoms. The van der Waals surface area contributed by atoms with Crippen LogP contribution in [0.25, 0.3) is 5.69 Å². The van der Waals surface area contributed by atoms with Gasteiger partial charge in [-0.1, -0.05) is 35.9 Å². The first-order valence-corrected chi connectivity index (χ1v) is 6.85. The number of nitrogen functional groups attached to an aromatic ring is 1. The van der Waals surface area contributed by atoms with E-state index in [1.54, 1.807) is 23.0 Å². The Bertz CT molecular complexity index is 748. The minimum atomic E-state index is -0.339. The van der Waals surface area contributed by atoms with E-state index in [1.165, 1.54) is 6.07 Å². The third kappa shape index (κ3) is 2.62. The van der Waals surface area contributed by atoms with Gasteiger partial charge in [-0.05, 0) is 24.3 Å². The number of anilines is 1. The van der Waals surface area contributed by atoms with Gasteiger partial charge in [0.15, 0.2) is 0 Å². The molecule has 0 aliphatic heterocycles. The third-order valence-corrected chi connectivity index (χ3v) is 3.67. The van der Waals surface area contributed by atoms with E-state index in [-0.39, 0.29) is 5.82 Å². The van der Waals surface area contributed by atoms with Gasteiger partial charge in [-0.25, -0.2) is 9.07 Å². The summed E-state index contributed by atoms with van der Waals surface area (Å²) in [6.45, 7) is 0. The van der Waals surface area contributed by atoms with Crippen molar-refractivity contribution in [3.05, 3.63) is 76.7 Å². The Hall–Kier alpha value is -2.33. The number of halogens is 2. The summed E-state index contributed by atoms with van der Waals surface area (Å²) >= 11 is 6.05. The second kappa shape index (κ2) is 5.58. The van der Waals surface area contributed by atoms with Crippen molar-refractivity contribution < 1.29 is 4.39 Å². The summed E-state index contributed by atoms with van der Waals surface area (Å²) in [6.07, 6.45) is 1.95. The van der Waals surface area contributed by atoms with Crippen LogP contribution in [-0.4, -0.2) is 9.78 Å². The second-order valence-electron chi connectivity index (χ2n) is 4.68. The molecule has 0 saturated carbocycles. The lowest BCUT2D eigenvalue weighted by Crippen LogP contribution is -2.03. The van der Waals surface area contributed by atoms with Gasteiger partial charge in [0.1, 0.15) is 11.6 Å². The van der Waals surface area contributed by atoms with Crippen LogP contribution in [0.15, 0.2) is 54.7 Å². The van der Waals surface area contributed by atoms with Crippen LogP contribution >= 0.6 is 11.6 Å². The van der Waals surface area contributed by atoms with Gasteiger partial charge in [-0.2, -0.15) is 5.10 Å². The van der Waals surface area contributed by atoms with Crippen molar-refractivity contribution in [2.75, 3.05) is 5.73 Å². The maximum absolute atomic E-state index is 13.8. The number of benzene rings is 2. The number of aromatic nitrogens is 2. The number of nitrogens with two attached hydrogens (primary N) is 1. The molecule has 2 aromatic carbocycles. The van der Waals surface area contributed by atoms with Gasteiger partial charge < -0.3 is 5.73 Å². The summed E-state index contributed by atoms with van der Waals surface area (Å²) in [4.78, 5) is 0. The van der Waals surface area contributed by atoms with Crippen LogP contribution in [-0.2, 0) is 6.42 Å². The van der Waals surface area contributed by atoms with E-state index < -0.39 is 0 Å². The molecule has 3 aromatic rings. The van der Waals surface area contributed by atoms with Crippen LogP contribution in [0.3, 0.4) is 0 Å². The molecule has 0 radical (unpaired) electrons. The quantitative estimate of drug-likeness (QED) is 0.799. The van der Waals surface area contributed by atoms with E-state index in [2.05, 4.69) is 5.10 Å². The highest BCUT2D eigenvalue weighted by atomic mass is 35.5. The highest BCUT2D eigenvalue weighted by Gasteiger charge is 2.13. The molecule has 0 aliphatic rings. The maximum Gasteiger partial charge on any atom is 0.130 e. The van der Waals surface area contributed by atoms with Gasteiger partial charge in [0.05, 0.1) is 11.9 Å². The predicted octanol–water partition coefficient (Wildman–Crippen LogP) is 3.84. The lowest BCUT2D eigenvalue weighted by molar-refractivity contribution is 0.614. The highest BCUT2D eigenvalue weighted by Crippen LogP contribution is 2.25. The molecule has 2 N–H and O–H groups in total. The molecule has 106 valence electrons. The first kappa shape index (κ1) is 13.6. The fourth-order valence-corrected chi connectivity index (χ4v) is 2.42. The molecule has 0 spiro atoms. The van der Waals surface area contributed by atoms with Crippen molar-refractivity contribution >= 4 is 17.4 Å². The van der Waals surface area contributed by atoms with Gasteiger partial charge >= 0.3 is 0 Å². The van der Waals surface area contributed by atoms with Crippen LogP contribution in [0.5, 0.6) is 0 Å². The Balaban J connectivity index is 1.97. The number of rotatable bonds is 3. The molecule has 1 aromatic heterocycles.